The molecule has 2 heterocycles. The second-order valence-electron chi connectivity index (χ2n) is 5.68. The molecule has 21 heavy (non-hydrogen) atoms. The quantitative estimate of drug-likeness (QED) is 0.706. The Bertz CT molecular complexity index is 460. The van der Waals surface area contributed by atoms with E-state index in [1.165, 1.54) is 0 Å². The fourth-order valence-corrected chi connectivity index (χ4v) is 3.73. The predicted molar refractivity (Wildman–Crippen MR) is 79.1 cm³/mol. The van der Waals surface area contributed by atoms with Gasteiger partial charge >= 0.3 is 0 Å². The Morgan fingerprint density at radius 2 is 1.95 bits per heavy atom. The first-order valence-corrected chi connectivity index (χ1v) is 9.24. The summed E-state index contributed by atoms with van der Waals surface area (Å²) in [5.41, 5.74) is 5.55. The van der Waals surface area contributed by atoms with E-state index in [4.69, 9.17) is 10.5 Å². The Labute approximate surface area is 126 Å². The van der Waals surface area contributed by atoms with Gasteiger partial charge in [-0.25, -0.2) is 13.1 Å². The van der Waals surface area contributed by atoms with E-state index >= 15 is 0 Å². The van der Waals surface area contributed by atoms with Crippen molar-refractivity contribution >= 4 is 15.9 Å². The fourth-order valence-electron chi connectivity index (χ4n) is 2.82. The average Bonchev–Trinajstić information content (AvgIpc) is 2.96. The minimum Gasteiger partial charge on any atom is -0.364 e. The third kappa shape index (κ3) is 4.38. The molecule has 2 fully saturated rings. The molecule has 2 aliphatic heterocycles. The highest BCUT2D eigenvalue weighted by atomic mass is 32.2. The molecule has 0 bridgehead atoms. The minimum atomic E-state index is -3.18. The zero-order chi connectivity index (χ0) is 15.5. The van der Waals surface area contributed by atoms with Crippen LogP contribution in [0.5, 0.6) is 0 Å². The average molecular weight is 319 g/mol. The minimum absolute atomic E-state index is 0.00662. The van der Waals surface area contributed by atoms with Gasteiger partial charge in [0.1, 0.15) is 6.10 Å². The number of likely N-dealkylation sites (tertiary alicyclic amines) is 1. The zero-order valence-electron chi connectivity index (χ0n) is 12.5. The lowest BCUT2D eigenvalue weighted by molar-refractivity contribution is -0.143. The SMILES string of the molecule is CCS(=O)(=O)NC1CCN(C(=O)C2CCC(CN)O2)CC1. The van der Waals surface area contributed by atoms with Crippen LogP contribution in [-0.2, 0) is 19.6 Å². The van der Waals surface area contributed by atoms with Crippen LogP contribution >= 0.6 is 0 Å². The van der Waals surface area contributed by atoms with Crippen LogP contribution in [0, 0.1) is 0 Å². The summed E-state index contributed by atoms with van der Waals surface area (Å²) in [5.74, 6) is 0.102. The smallest absolute Gasteiger partial charge is 0.251 e. The molecule has 7 nitrogen and oxygen atoms in total. The molecular weight excluding hydrogens is 294 g/mol. The number of ether oxygens (including phenoxy) is 1. The van der Waals surface area contributed by atoms with Crippen LogP contribution < -0.4 is 10.5 Å². The summed E-state index contributed by atoms with van der Waals surface area (Å²) in [6, 6.07) is -0.0692. The number of sulfonamides is 1. The van der Waals surface area contributed by atoms with Gasteiger partial charge in [0.2, 0.25) is 10.0 Å². The number of hydrogen-bond donors (Lipinski definition) is 2. The predicted octanol–water partition coefficient (Wildman–Crippen LogP) is -0.577. The maximum atomic E-state index is 12.3. The van der Waals surface area contributed by atoms with Crippen molar-refractivity contribution in [2.45, 2.75) is 50.9 Å². The van der Waals surface area contributed by atoms with E-state index in [-0.39, 0.29) is 29.9 Å². The Hall–Kier alpha value is -0.700. The van der Waals surface area contributed by atoms with Gasteiger partial charge in [0.05, 0.1) is 11.9 Å². The highest BCUT2D eigenvalue weighted by Gasteiger charge is 2.34. The second-order valence-corrected chi connectivity index (χ2v) is 7.72. The number of nitrogens with one attached hydrogen (secondary N) is 1. The first kappa shape index (κ1) is 16.7. The summed E-state index contributed by atoms with van der Waals surface area (Å²) in [4.78, 5) is 14.1. The van der Waals surface area contributed by atoms with Crippen LogP contribution in [0.3, 0.4) is 0 Å². The molecular formula is C13H25N3O4S. The van der Waals surface area contributed by atoms with E-state index in [1.807, 2.05) is 0 Å². The molecule has 0 saturated carbocycles. The van der Waals surface area contributed by atoms with E-state index in [2.05, 4.69) is 4.72 Å². The summed E-state index contributed by atoms with van der Waals surface area (Å²) in [6.07, 6.45) is 2.48. The molecule has 122 valence electrons. The normalized spacial score (nSPS) is 28.0. The van der Waals surface area contributed by atoms with Crippen molar-refractivity contribution in [3.05, 3.63) is 0 Å². The highest BCUT2D eigenvalue weighted by Crippen LogP contribution is 2.22. The molecule has 3 N–H and O–H groups in total. The van der Waals surface area contributed by atoms with Crippen molar-refractivity contribution in [3.63, 3.8) is 0 Å². The van der Waals surface area contributed by atoms with Gasteiger partial charge in [0.15, 0.2) is 0 Å². The lowest BCUT2D eigenvalue weighted by Gasteiger charge is -2.33. The van der Waals surface area contributed by atoms with Crippen LogP contribution in [0.15, 0.2) is 0 Å². The number of hydrogen-bond acceptors (Lipinski definition) is 5. The van der Waals surface area contributed by atoms with Crippen molar-refractivity contribution in [2.24, 2.45) is 5.73 Å². The molecule has 0 spiro atoms. The molecule has 0 aliphatic carbocycles. The topological polar surface area (TPSA) is 102 Å². The molecule has 1 amide bonds. The highest BCUT2D eigenvalue weighted by molar-refractivity contribution is 7.89. The Kier molecular flexibility index (Phi) is 5.59. The molecule has 0 radical (unpaired) electrons. The second kappa shape index (κ2) is 7.04. The van der Waals surface area contributed by atoms with Gasteiger partial charge in [-0.15, -0.1) is 0 Å². The molecule has 2 unspecified atom stereocenters. The lowest BCUT2D eigenvalue weighted by Crippen LogP contribution is -2.49. The van der Waals surface area contributed by atoms with Gasteiger partial charge in [-0.1, -0.05) is 0 Å². The van der Waals surface area contributed by atoms with E-state index < -0.39 is 10.0 Å². The van der Waals surface area contributed by atoms with Crippen molar-refractivity contribution < 1.29 is 17.9 Å². The van der Waals surface area contributed by atoms with Crippen molar-refractivity contribution in [2.75, 3.05) is 25.4 Å². The van der Waals surface area contributed by atoms with Gasteiger partial charge in [-0.3, -0.25) is 4.79 Å². The summed E-state index contributed by atoms with van der Waals surface area (Å²) in [5, 5.41) is 0. The van der Waals surface area contributed by atoms with Gasteiger partial charge < -0.3 is 15.4 Å². The molecule has 0 aromatic heterocycles. The molecule has 2 rings (SSSR count). The molecule has 0 aromatic rings. The summed E-state index contributed by atoms with van der Waals surface area (Å²) < 4.78 is 31.4. The maximum Gasteiger partial charge on any atom is 0.251 e. The standard InChI is InChI=1S/C13H25N3O4S/c1-2-21(18,19)15-10-5-7-16(8-6-10)13(17)12-4-3-11(9-14)20-12/h10-12,15H,2-9,14H2,1H3. The number of carbonyl (C=O) groups excluding carboxylic acids is 1. The van der Waals surface area contributed by atoms with Crippen LogP contribution in [-0.4, -0.2) is 62.9 Å². The van der Waals surface area contributed by atoms with Crippen LogP contribution in [0.2, 0.25) is 0 Å². The van der Waals surface area contributed by atoms with Gasteiger partial charge in [-0.05, 0) is 32.6 Å². The molecule has 2 saturated heterocycles. The van der Waals surface area contributed by atoms with Gasteiger partial charge in [0.25, 0.3) is 5.91 Å². The number of nitrogens with zero attached hydrogens (tertiary/aromatic N) is 1. The Morgan fingerprint density at radius 3 is 2.48 bits per heavy atom. The van der Waals surface area contributed by atoms with E-state index in [0.717, 1.165) is 12.8 Å². The Balaban J connectivity index is 1.80. The van der Waals surface area contributed by atoms with E-state index in [1.54, 1.807) is 11.8 Å². The summed E-state index contributed by atoms with van der Waals surface area (Å²) in [7, 11) is -3.18. The number of amides is 1. The summed E-state index contributed by atoms with van der Waals surface area (Å²) >= 11 is 0. The van der Waals surface area contributed by atoms with Crippen LogP contribution in [0.4, 0.5) is 0 Å². The monoisotopic (exact) mass is 319 g/mol. The van der Waals surface area contributed by atoms with Crippen molar-refractivity contribution in [3.8, 4) is 0 Å². The fraction of sp³-hybridized carbons (Fsp3) is 0.923. The molecule has 2 aliphatic rings. The van der Waals surface area contributed by atoms with Gasteiger partial charge in [0, 0.05) is 25.7 Å². The number of nitrogens with two attached hydrogens (primary N) is 1. The number of carbonyl (C=O) groups is 1. The number of piperidine rings is 1. The lowest BCUT2D eigenvalue weighted by atomic mass is 10.0. The van der Waals surface area contributed by atoms with Crippen LogP contribution in [0.25, 0.3) is 0 Å². The largest absolute Gasteiger partial charge is 0.364 e. The van der Waals surface area contributed by atoms with Crippen molar-refractivity contribution in [1.82, 2.24) is 9.62 Å². The zero-order valence-corrected chi connectivity index (χ0v) is 13.3. The molecule has 0 aromatic carbocycles. The van der Waals surface area contributed by atoms with Gasteiger partial charge in [-0.2, -0.15) is 0 Å². The van der Waals surface area contributed by atoms with Crippen molar-refractivity contribution in [1.29, 1.82) is 0 Å². The maximum absolute atomic E-state index is 12.3. The van der Waals surface area contributed by atoms with Crippen LogP contribution in [0.1, 0.15) is 32.6 Å². The third-order valence-electron chi connectivity index (χ3n) is 4.18. The number of rotatable bonds is 5. The third-order valence-corrected chi connectivity index (χ3v) is 5.63. The summed E-state index contributed by atoms with van der Waals surface area (Å²) in [6.45, 7) is 3.21. The first-order valence-electron chi connectivity index (χ1n) is 7.59. The van der Waals surface area contributed by atoms with E-state index in [9.17, 15) is 13.2 Å². The molecule has 8 heteroatoms. The Morgan fingerprint density at radius 1 is 1.29 bits per heavy atom. The molecule has 2 atom stereocenters. The van der Waals surface area contributed by atoms with E-state index in [0.29, 0.717) is 32.5 Å². The first-order chi connectivity index (χ1) is 9.95.